The largest absolute Gasteiger partial charge is 0.476 e. The molecule has 2 aromatic rings. The van der Waals surface area contributed by atoms with Gasteiger partial charge < -0.3 is 14.6 Å². The van der Waals surface area contributed by atoms with E-state index in [1.807, 2.05) is 0 Å². The van der Waals surface area contributed by atoms with Gasteiger partial charge in [0.1, 0.15) is 5.82 Å². The van der Waals surface area contributed by atoms with E-state index < -0.39 is 11.8 Å². The quantitative estimate of drug-likeness (QED) is 0.907. The topological polar surface area (TPSA) is 73.6 Å². The second kappa shape index (κ2) is 4.48. The van der Waals surface area contributed by atoms with Crippen LogP contribution in [0.1, 0.15) is 10.5 Å². The van der Waals surface area contributed by atoms with E-state index in [1.54, 1.807) is 0 Å². The highest BCUT2D eigenvalue weighted by Crippen LogP contribution is 2.46. The minimum atomic E-state index is -1.18. The Morgan fingerprint density at radius 1 is 1.50 bits per heavy atom. The molecule has 20 heavy (non-hydrogen) atoms. The summed E-state index contributed by atoms with van der Waals surface area (Å²) in [5.41, 5.74) is 0.341. The maximum atomic E-state index is 14.2. The standard InChI is InChI=1S/C12H8BrFN2O4/c1-16-7(3-6(15-16)12(17)18)9-5(14)2-8-11(10(9)13)20-4-19-8/h2-3H,4H2,1H3,(H,17,18). The predicted octanol–water partition coefficient (Wildman–Crippen LogP) is 2.42. The fourth-order valence-electron chi connectivity index (χ4n) is 2.01. The summed E-state index contributed by atoms with van der Waals surface area (Å²) in [7, 11) is 1.54. The monoisotopic (exact) mass is 342 g/mol. The minimum Gasteiger partial charge on any atom is -0.476 e. The Hall–Kier alpha value is -2.09. The molecule has 104 valence electrons. The Labute approximate surface area is 120 Å². The molecule has 1 aromatic carbocycles. The molecule has 0 amide bonds. The smallest absolute Gasteiger partial charge is 0.356 e. The zero-order valence-corrected chi connectivity index (χ0v) is 11.8. The molecule has 3 rings (SSSR count). The molecule has 6 nitrogen and oxygen atoms in total. The molecule has 2 heterocycles. The molecule has 1 aliphatic rings. The summed E-state index contributed by atoms with van der Waals surface area (Å²) in [6.07, 6.45) is 0. The maximum absolute atomic E-state index is 14.2. The molecule has 0 saturated carbocycles. The first-order valence-corrected chi connectivity index (χ1v) is 6.33. The van der Waals surface area contributed by atoms with Crippen molar-refractivity contribution in [3.05, 3.63) is 28.1 Å². The van der Waals surface area contributed by atoms with Gasteiger partial charge in [0.2, 0.25) is 6.79 Å². The number of carboxylic acids is 1. The van der Waals surface area contributed by atoms with Gasteiger partial charge in [0.15, 0.2) is 17.2 Å². The predicted molar refractivity (Wildman–Crippen MR) is 69.4 cm³/mol. The molecule has 8 heteroatoms. The average Bonchev–Trinajstić information content (AvgIpc) is 2.97. The molecule has 0 aliphatic carbocycles. The van der Waals surface area contributed by atoms with E-state index in [0.29, 0.717) is 21.7 Å². The molecule has 0 unspecified atom stereocenters. The molecule has 1 aromatic heterocycles. The van der Waals surface area contributed by atoms with E-state index in [2.05, 4.69) is 21.0 Å². The first-order valence-electron chi connectivity index (χ1n) is 5.54. The van der Waals surface area contributed by atoms with Gasteiger partial charge in [0.25, 0.3) is 0 Å². The highest BCUT2D eigenvalue weighted by molar-refractivity contribution is 9.10. The van der Waals surface area contributed by atoms with Gasteiger partial charge in [-0.25, -0.2) is 9.18 Å². The first kappa shape index (κ1) is 12.9. The lowest BCUT2D eigenvalue weighted by Crippen LogP contribution is -2.00. The van der Waals surface area contributed by atoms with E-state index in [0.717, 1.165) is 0 Å². The lowest BCUT2D eigenvalue weighted by atomic mass is 10.1. The second-order valence-corrected chi connectivity index (χ2v) is 4.92. The van der Waals surface area contributed by atoms with E-state index in [9.17, 15) is 9.18 Å². The van der Waals surface area contributed by atoms with Crippen LogP contribution in [0.2, 0.25) is 0 Å². The van der Waals surface area contributed by atoms with Crippen LogP contribution in [0.15, 0.2) is 16.6 Å². The van der Waals surface area contributed by atoms with Gasteiger partial charge in [0, 0.05) is 13.1 Å². The fraction of sp³-hybridized carbons (Fsp3) is 0.167. The van der Waals surface area contributed by atoms with Gasteiger partial charge >= 0.3 is 5.97 Å². The van der Waals surface area contributed by atoms with Crippen molar-refractivity contribution in [1.29, 1.82) is 0 Å². The molecule has 0 atom stereocenters. The number of rotatable bonds is 2. The summed E-state index contributed by atoms with van der Waals surface area (Å²) in [6.45, 7) is 0.0165. The minimum absolute atomic E-state index is 0.0165. The summed E-state index contributed by atoms with van der Waals surface area (Å²) < 4.78 is 26.3. The van der Waals surface area contributed by atoms with Crippen molar-refractivity contribution >= 4 is 21.9 Å². The summed E-state index contributed by atoms with van der Waals surface area (Å²) in [6, 6.07) is 2.50. The molecule has 0 saturated heterocycles. The third kappa shape index (κ3) is 1.83. The summed E-state index contributed by atoms with van der Waals surface area (Å²) in [5.74, 6) is -1.04. The second-order valence-electron chi connectivity index (χ2n) is 4.12. The molecule has 0 fully saturated rings. The average molecular weight is 343 g/mol. The lowest BCUT2D eigenvalue weighted by Gasteiger charge is -2.09. The van der Waals surface area contributed by atoms with Gasteiger partial charge in [0.05, 0.1) is 15.7 Å². The third-order valence-electron chi connectivity index (χ3n) is 2.91. The Morgan fingerprint density at radius 3 is 2.90 bits per heavy atom. The number of hydrogen-bond donors (Lipinski definition) is 1. The summed E-state index contributed by atoms with van der Waals surface area (Å²) in [4.78, 5) is 10.9. The van der Waals surface area contributed by atoms with E-state index in [1.165, 1.54) is 23.9 Å². The van der Waals surface area contributed by atoms with Crippen LogP contribution in [0.5, 0.6) is 11.5 Å². The zero-order valence-electron chi connectivity index (χ0n) is 10.2. The molecule has 0 spiro atoms. The van der Waals surface area contributed by atoms with Crippen molar-refractivity contribution < 1.29 is 23.8 Å². The van der Waals surface area contributed by atoms with Crippen LogP contribution in [0, 0.1) is 5.82 Å². The van der Waals surface area contributed by atoms with Gasteiger partial charge in [-0.05, 0) is 22.0 Å². The Balaban J connectivity index is 2.23. The number of carboxylic acid groups (broad SMARTS) is 1. The molecule has 1 aliphatic heterocycles. The number of benzene rings is 1. The fourth-order valence-corrected chi connectivity index (χ4v) is 2.72. The number of ether oxygens (including phenoxy) is 2. The van der Waals surface area contributed by atoms with Crippen molar-refractivity contribution in [1.82, 2.24) is 9.78 Å². The van der Waals surface area contributed by atoms with E-state index >= 15 is 0 Å². The Bertz CT molecular complexity index is 729. The number of aromatic carboxylic acids is 1. The number of aryl methyl sites for hydroxylation is 1. The molecule has 0 radical (unpaired) electrons. The van der Waals surface area contributed by atoms with Gasteiger partial charge in [-0.1, -0.05) is 0 Å². The van der Waals surface area contributed by atoms with Crippen LogP contribution < -0.4 is 9.47 Å². The number of fused-ring (bicyclic) bond motifs is 1. The molecule has 1 N–H and O–H groups in total. The number of halogens is 2. The normalized spacial score (nSPS) is 12.8. The zero-order chi connectivity index (χ0) is 14.4. The van der Waals surface area contributed by atoms with Crippen LogP contribution in [0.25, 0.3) is 11.3 Å². The highest BCUT2D eigenvalue weighted by Gasteiger charge is 2.26. The van der Waals surface area contributed by atoms with Crippen LogP contribution in [0.3, 0.4) is 0 Å². The van der Waals surface area contributed by atoms with Crippen LogP contribution in [0.4, 0.5) is 4.39 Å². The van der Waals surface area contributed by atoms with Gasteiger partial charge in [-0.2, -0.15) is 5.10 Å². The van der Waals surface area contributed by atoms with Crippen LogP contribution in [-0.2, 0) is 7.05 Å². The molecular formula is C12H8BrFN2O4. The molecule has 0 bridgehead atoms. The van der Waals surface area contributed by atoms with Crippen molar-refractivity contribution in [2.45, 2.75) is 0 Å². The van der Waals surface area contributed by atoms with Gasteiger partial charge in [-0.3, -0.25) is 4.68 Å². The van der Waals surface area contributed by atoms with Crippen LogP contribution >= 0.6 is 15.9 Å². The number of carbonyl (C=O) groups is 1. The highest BCUT2D eigenvalue weighted by atomic mass is 79.9. The van der Waals surface area contributed by atoms with Crippen molar-refractivity contribution in [3.63, 3.8) is 0 Å². The SMILES string of the molecule is Cn1nc(C(=O)O)cc1-c1c(F)cc2c(c1Br)OCO2. The van der Waals surface area contributed by atoms with E-state index in [4.69, 9.17) is 14.6 Å². The van der Waals surface area contributed by atoms with Crippen LogP contribution in [-0.4, -0.2) is 27.6 Å². The Kier molecular flexibility index (Phi) is 2.89. The lowest BCUT2D eigenvalue weighted by molar-refractivity contribution is 0.0689. The number of nitrogens with zero attached hydrogens (tertiary/aromatic N) is 2. The third-order valence-corrected chi connectivity index (χ3v) is 3.67. The maximum Gasteiger partial charge on any atom is 0.356 e. The summed E-state index contributed by atoms with van der Waals surface area (Å²) >= 11 is 3.27. The van der Waals surface area contributed by atoms with Gasteiger partial charge in [-0.15, -0.1) is 0 Å². The number of aromatic nitrogens is 2. The Morgan fingerprint density at radius 2 is 2.25 bits per heavy atom. The van der Waals surface area contributed by atoms with Crippen molar-refractivity contribution in [3.8, 4) is 22.8 Å². The number of hydrogen-bond acceptors (Lipinski definition) is 4. The van der Waals surface area contributed by atoms with Crippen molar-refractivity contribution in [2.75, 3.05) is 6.79 Å². The van der Waals surface area contributed by atoms with Crippen molar-refractivity contribution in [2.24, 2.45) is 7.05 Å². The first-order chi connectivity index (χ1) is 9.49. The van der Waals surface area contributed by atoms with E-state index in [-0.39, 0.29) is 18.1 Å². The molecular weight excluding hydrogens is 335 g/mol. The summed E-state index contributed by atoms with van der Waals surface area (Å²) in [5, 5.41) is 12.8.